The zero-order chi connectivity index (χ0) is 14.4. The van der Waals surface area contributed by atoms with Crippen molar-refractivity contribution >= 4 is 0 Å². The van der Waals surface area contributed by atoms with Gasteiger partial charge >= 0.3 is 0 Å². The number of nitrogens with zero attached hydrogens (tertiary/aromatic N) is 1. The minimum atomic E-state index is 0.345. The molecule has 1 aromatic carbocycles. The van der Waals surface area contributed by atoms with Crippen molar-refractivity contribution in [2.75, 3.05) is 40.4 Å². The second-order valence-corrected chi connectivity index (χ2v) is 5.23. The number of hydrogen-bond donors (Lipinski definition) is 1. The van der Waals surface area contributed by atoms with Gasteiger partial charge in [-0.2, -0.15) is 0 Å². The highest BCUT2D eigenvalue weighted by atomic mass is 16.5. The lowest BCUT2D eigenvalue weighted by atomic mass is 10.1. The van der Waals surface area contributed by atoms with Crippen LogP contribution in [-0.4, -0.2) is 45.3 Å². The Bertz CT molecular complexity index is 417. The number of hydrogen-bond acceptors (Lipinski definition) is 4. The summed E-state index contributed by atoms with van der Waals surface area (Å²) < 4.78 is 10.7. The van der Waals surface area contributed by atoms with Crippen LogP contribution in [-0.2, 0) is 0 Å². The van der Waals surface area contributed by atoms with E-state index in [1.807, 2.05) is 6.07 Å². The van der Waals surface area contributed by atoms with Crippen molar-refractivity contribution in [1.82, 2.24) is 10.2 Å². The van der Waals surface area contributed by atoms with Crippen molar-refractivity contribution in [1.29, 1.82) is 0 Å². The van der Waals surface area contributed by atoms with Crippen molar-refractivity contribution in [3.05, 3.63) is 23.8 Å². The van der Waals surface area contributed by atoms with Gasteiger partial charge in [0, 0.05) is 12.6 Å². The Balaban J connectivity index is 2.14. The molecule has 0 spiro atoms. The Kier molecular flexibility index (Phi) is 5.68. The molecular weight excluding hydrogens is 252 g/mol. The summed E-state index contributed by atoms with van der Waals surface area (Å²) in [6.07, 6.45) is 2.65. The van der Waals surface area contributed by atoms with Crippen LogP contribution >= 0.6 is 0 Å². The van der Waals surface area contributed by atoms with Crippen molar-refractivity contribution in [2.24, 2.45) is 0 Å². The zero-order valence-corrected chi connectivity index (χ0v) is 12.8. The van der Waals surface area contributed by atoms with E-state index in [2.05, 4.69) is 29.3 Å². The van der Waals surface area contributed by atoms with Crippen molar-refractivity contribution in [2.45, 2.75) is 25.8 Å². The number of methoxy groups -OCH3 is 2. The summed E-state index contributed by atoms with van der Waals surface area (Å²) in [6, 6.07) is 6.55. The Labute approximate surface area is 122 Å². The smallest absolute Gasteiger partial charge is 0.161 e. The molecule has 0 radical (unpaired) electrons. The van der Waals surface area contributed by atoms with E-state index in [1.165, 1.54) is 31.5 Å². The highest BCUT2D eigenvalue weighted by molar-refractivity contribution is 5.43. The summed E-state index contributed by atoms with van der Waals surface area (Å²) in [5, 5.41) is 3.58. The number of nitrogens with one attached hydrogen (secondary N) is 1. The van der Waals surface area contributed by atoms with Crippen LogP contribution in [0.5, 0.6) is 11.5 Å². The quantitative estimate of drug-likeness (QED) is 0.830. The van der Waals surface area contributed by atoms with Crippen LogP contribution in [0.15, 0.2) is 18.2 Å². The molecule has 1 heterocycles. The molecule has 1 aliphatic rings. The fourth-order valence-electron chi connectivity index (χ4n) is 2.83. The first kappa shape index (κ1) is 15.1. The number of likely N-dealkylation sites (N-methyl/N-ethyl adjacent to an activating group) is 1. The number of likely N-dealkylation sites (tertiary alicyclic amines) is 1. The Morgan fingerprint density at radius 3 is 2.45 bits per heavy atom. The van der Waals surface area contributed by atoms with E-state index in [4.69, 9.17) is 9.47 Å². The average molecular weight is 278 g/mol. The summed E-state index contributed by atoms with van der Waals surface area (Å²) in [7, 11) is 3.36. The molecule has 112 valence electrons. The van der Waals surface area contributed by atoms with E-state index in [0.717, 1.165) is 24.6 Å². The highest BCUT2D eigenvalue weighted by Gasteiger charge is 2.19. The molecule has 0 aromatic heterocycles. The first-order valence-electron chi connectivity index (χ1n) is 7.46. The van der Waals surface area contributed by atoms with Gasteiger partial charge in [-0.15, -0.1) is 0 Å². The maximum Gasteiger partial charge on any atom is 0.161 e. The molecule has 20 heavy (non-hydrogen) atoms. The topological polar surface area (TPSA) is 33.7 Å². The monoisotopic (exact) mass is 278 g/mol. The fourth-order valence-corrected chi connectivity index (χ4v) is 2.83. The van der Waals surface area contributed by atoms with E-state index < -0.39 is 0 Å². The fraction of sp³-hybridized carbons (Fsp3) is 0.625. The molecule has 0 aliphatic carbocycles. The lowest BCUT2D eigenvalue weighted by Gasteiger charge is -2.25. The van der Waals surface area contributed by atoms with Crippen LogP contribution in [0.4, 0.5) is 0 Å². The maximum atomic E-state index is 5.41. The van der Waals surface area contributed by atoms with Crippen molar-refractivity contribution in [3.8, 4) is 11.5 Å². The molecule has 1 unspecified atom stereocenters. The van der Waals surface area contributed by atoms with E-state index >= 15 is 0 Å². The van der Waals surface area contributed by atoms with Crippen molar-refractivity contribution in [3.63, 3.8) is 0 Å². The Hall–Kier alpha value is -1.26. The Morgan fingerprint density at radius 2 is 1.85 bits per heavy atom. The van der Waals surface area contributed by atoms with Gasteiger partial charge in [-0.25, -0.2) is 0 Å². The first-order valence-corrected chi connectivity index (χ1v) is 7.46. The Morgan fingerprint density at radius 1 is 1.15 bits per heavy atom. The molecular formula is C16H26N2O2. The normalized spacial score (nSPS) is 17.1. The molecule has 0 bridgehead atoms. The largest absolute Gasteiger partial charge is 0.493 e. The second-order valence-electron chi connectivity index (χ2n) is 5.23. The van der Waals surface area contributed by atoms with Crippen LogP contribution in [0.1, 0.15) is 31.4 Å². The molecule has 1 N–H and O–H groups in total. The molecule has 1 aromatic rings. The number of rotatable bonds is 7. The van der Waals surface area contributed by atoms with E-state index in [0.29, 0.717) is 6.04 Å². The zero-order valence-electron chi connectivity index (χ0n) is 12.8. The number of ether oxygens (including phenoxy) is 2. The minimum Gasteiger partial charge on any atom is -0.493 e. The van der Waals surface area contributed by atoms with Crippen LogP contribution in [0.2, 0.25) is 0 Å². The molecule has 4 heteroatoms. The highest BCUT2D eigenvalue weighted by Crippen LogP contribution is 2.30. The predicted octanol–water partition coefficient (Wildman–Crippen LogP) is 2.45. The van der Waals surface area contributed by atoms with Gasteiger partial charge in [-0.3, -0.25) is 0 Å². The van der Waals surface area contributed by atoms with Gasteiger partial charge in [-0.1, -0.05) is 13.0 Å². The van der Waals surface area contributed by atoms with E-state index in [1.54, 1.807) is 14.2 Å². The summed E-state index contributed by atoms with van der Waals surface area (Å²) in [4.78, 5) is 2.53. The van der Waals surface area contributed by atoms with Gasteiger partial charge in [0.1, 0.15) is 0 Å². The summed E-state index contributed by atoms with van der Waals surface area (Å²) in [6.45, 7) is 6.61. The van der Waals surface area contributed by atoms with Gasteiger partial charge in [0.15, 0.2) is 11.5 Å². The SMILES string of the molecule is CCNC(CN1CCCC1)c1ccc(OC)c(OC)c1. The second kappa shape index (κ2) is 7.50. The summed E-state index contributed by atoms with van der Waals surface area (Å²) in [5.41, 5.74) is 1.26. The number of benzene rings is 1. The summed E-state index contributed by atoms with van der Waals surface area (Å²) >= 11 is 0. The van der Waals surface area contributed by atoms with Gasteiger partial charge in [0.05, 0.1) is 14.2 Å². The molecule has 1 aliphatic heterocycles. The molecule has 1 saturated heterocycles. The van der Waals surface area contributed by atoms with E-state index in [-0.39, 0.29) is 0 Å². The molecule has 0 amide bonds. The summed E-state index contributed by atoms with van der Waals surface area (Å²) in [5.74, 6) is 1.59. The third-order valence-corrected chi connectivity index (χ3v) is 3.90. The lowest BCUT2D eigenvalue weighted by Crippen LogP contribution is -2.33. The molecule has 4 nitrogen and oxygen atoms in total. The van der Waals surface area contributed by atoms with Gasteiger partial charge < -0.3 is 19.7 Å². The lowest BCUT2D eigenvalue weighted by molar-refractivity contribution is 0.293. The third kappa shape index (κ3) is 3.64. The van der Waals surface area contributed by atoms with Crippen LogP contribution < -0.4 is 14.8 Å². The third-order valence-electron chi connectivity index (χ3n) is 3.90. The predicted molar refractivity (Wildman–Crippen MR) is 81.6 cm³/mol. The van der Waals surface area contributed by atoms with Crippen molar-refractivity contribution < 1.29 is 9.47 Å². The first-order chi connectivity index (χ1) is 9.78. The van der Waals surface area contributed by atoms with Crippen LogP contribution in [0.3, 0.4) is 0 Å². The molecule has 2 rings (SSSR count). The van der Waals surface area contributed by atoms with E-state index in [9.17, 15) is 0 Å². The standard InChI is InChI=1S/C16H26N2O2/c1-4-17-14(12-18-9-5-6-10-18)13-7-8-15(19-2)16(11-13)20-3/h7-8,11,14,17H,4-6,9-10,12H2,1-3H3. The molecule has 1 fully saturated rings. The van der Waals surface area contributed by atoms with Crippen LogP contribution in [0, 0.1) is 0 Å². The van der Waals surface area contributed by atoms with Gasteiger partial charge in [0.25, 0.3) is 0 Å². The van der Waals surface area contributed by atoms with Crippen LogP contribution in [0.25, 0.3) is 0 Å². The average Bonchev–Trinajstić information content (AvgIpc) is 2.99. The molecule has 1 atom stereocenters. The maximum absolute atomic E-state index is 5.41. The molecule has 0 saturated carbocycles. The minimum absolute atomic E-state index is 0.345. The van der Waals surface area contributed by atoms with Gasteiger partial charge in [-0.05, 0) is 50.2 Å². The van der Waals surface area contributed by atoms with Gasteiger partial charge in [0.2, 0.25) is 0 Å².